The third-order valence-corrected chi connectivity index (χ3v) is 5.27. The first-order valence-corrected chi connectivity index (χ1v) is 7.00. The molecule has 0 heterocycles. The van der Waals surface area contributed by atoms with Gasteiger partial charge in [0, 0.05) is 6.42 Å². The van der Waals surface area contributed by atoms with Crippen LogP contribution in [0.2, 0.25) is 0 Å². The van der Waals surface area contributed by atoms with E-state index in [9.17, 15) is 4.79 Å². The fourth-order valence-electron chi connectivity index (χ4n) is 4.74. The van der Waals surface area contributed by atoms with E-state index in [2.05, 4.69) is 13.0 Å². The van der Waals surface area contributed by atoms with Crippen LogP contribution in [0.3, 0.4) is 0 Å². The molecule has 0 saturated heterocycles. The maximum Gasteiger partial charge on any atom is 0.159 e. The van der Waals surface area contributed by atoms with Crippen LogP contribution in [0.4, 0.5) is 0 Å². The Hall–Kier alpha value is -0.590. The van der Waals surface area contributed by atoms with Crippen LogP contribution in [-0.2, 0) is 4.79 Å². The van der Waals surface area contributed by atoms with Crippen molar-refractivity contribution in [1.29, 1.82) is 0 Å². The number of hydrogen-bond donors (Lipinski definition) is 0. The van der Waals surface area contributed by atoms with E-state index < -0.39 is 0 Å². The molecule has 4 atom stereocenters. The molecule has 3 saturated carbocycles. The minimum absolute atomic E-state index is 0.469. The van der Waals surface area contributed by atoms with Crippen molar-refractivity contribution in [1.82, 2.24) is 0 Å². The molecule has 3 fully saturated rings. The summed E-state index contributed by atoms with van der Waals surface area (Å²) >= 11 is 0. The second-order valence-corrected chi connectivity index (χ2v) is 5.94. The maximum atomic E-state index is 12.1. The highest BCUT2D eigenvalue weighted by atomic mass is 16.1. The fraction of sp³-hybridized carbons (Fsp3) is 0.800. The van der Waals surface area contributed by atoms with Gasteiger partial charge < -0.3 is 0 Å². The highest BCUT2D eigenvalue weighted by Crippen LogP contribution is 2.53. The lowest BCUT2D eigenvalue weighted by atomic mass is 9.55. The van der Waals surface area contributed by atoms with E-state index in [0.717, 1.165) is 24.2 Å². The monoisotopic (exact) mass is 218 g/mol. The van der Waals surface area contributed by atoms with Gasteiger partial charge in [0.15, 0.2) is 5.78 Å². The molecule has 88 valence electrons. The second-order valence-electron chi connectivity index (χ2n) is 5.94. The van der Waals surface area contributed by atoms with E-state index in [4.69, 9.17) is 0 Å². The third-order valence-electron chi connectivity index (χ3n) is 5.27. The van der Waals surface area contributed by atoms with E-state index in [1.165, 1.54) is 44.1 Å². The van der Waals surface area contributed by atoms with E-state index in [0.29, 0.717) is 11.7 Å². The molecule has 3 aliphatic rings. The molecule has 0 spiro atoms. The summed E-state index contributed by atoms with van der Waals surface area (Å²) in [7, 11) is 0. The molecule has 0 radical (unpaired) electrons. The van der Waals surface area contributed by atoms with Crippen LogP contribution in [0.25, 0.3) is 0 Å². The van der Waals surface area contributed by atoms with Crippen molar-refractivity contribution < 1.29 is 4.79 Å². The maximum absolute atomic E-state index is 12.1. The van der Waals surface area contributed by atoms with Crippen LogP contribution < -0.4 is 0 Å². The SMILES string of the molecule is C/C=C1/C(=O)CC2CCCC3CCCC1C32. The Morgan fingerprint density at radius 2 is 1.75 bits per heavy atom. The summed E-state index contributed by atoms with van der Waals surface area (Å²) in [5, 5.41) is 0. The number of Topliss-reactive ketones (excluding diaryl/α,β-unsaturated/α-hetero) is 1. The first kappa shape index (κ1) is 10.6. The summed E-state index contributed by atoms with van der Waals surface area (Å²) < 4.78 is 0. The Balaban J connectivity index is 1.94. The molecule has 0 aromatic rings. The highest BCUT2D eigenvalue weighted by molar-refractivity contribution is 5.96. The normalized spacial score (nSPS) is 45.6. The summed E-state index contributed by atoms with van der Waals surface area (Å²) in [5.74, 6) is 3.65. The molecule has 0 amide bonds. The van der Waals surface area contributed by atoms with Crippen molar-refractivity contribution >= 4 is 5.78 Å². The zero-order valence-corrected chi connectivity index (χ0v) is 10.2. The van der Waals surface area contributed by atoms with Crippen LogP contribution in [-0.4, -0.2) is 5.78 Å². The Morgan fingerprint density at radius 3 is 2.50 bits per heavy atom. The first-order valence-electron chi connectivity index (χ1n) is 7.00. The molecular formula is C15H22O. The molecule has 0 aliphatic heterocycles. The molecule has 0 aromatic heterocycles. The van der Waals surface area contributed by atoms with Gasteiger partial charge in [-0.1, -0.05) is 31.8 Å². The Labute approximate surface area is 98.3 Å². The fourth-order valence-corrected chi connectivity index (χ4v) is 4.74. The molecule has 4 unspecified atom stereocenters. The van der Waals surface area contributed by atoms with Gasteiger partial charge in [-0.3, -0.25) is 4.79 Å². The Bertz CT molecular complexity index is 326. The average Bonchev–Trinajstić information content (AvgIpc) is 2.30. The summed E-state index contributed by atoms with van der Waals surface area (Å²) in [6, 6.07) is 0. The van der Waals surface area contributed by atoms with Crippen LogP contribution in [0.15, 0.2) is 11.6 Å². The number of carbonyl (C=O) groups is 1. The minimum atomic E-state index is 0.469. The van der Waals surface area contributed by atoms with Crippen molar-refractivity contribution in [3.8, 4) is 0 Å². The van der Waals surface area contributed by atoms with Crippen molar-refractivity contribution in [3.05, 3.63) is 11.6 Å². The number of carbonyl (C=O) groups excluding carboxylic acids is 1. The highest BCUT2D eigenvalue weighted by Gasteiger charge is 2.46. The van der Waals surface area contributed by atoms with E-state index in [1.807, 2.05) is 0 Å². The molecule has 1 nitrogen and oxygen atoms in total. The van der Waals surface area contributed by atoms with Crippen LogP contribution >= 0.6 is 0 Å². The van der Waals surface area contributed by atoms with Crippen LogP contribution in [0.1, 0.15) is 51.9 Å². The average molecular weight is 218 g/mol. The van der Waals surface area contributed by atoms with Gasteiger partial charge in [-0.05, 0) is 49.0 Å². The zero-order chi connectivity index (χ0) is 11.1. The smallest absolute Gasteiger partial charge is 0.159 e. The summed E-state index contributed by atoms with van der Waals surface area (Å²) in [6.45, 7) is 2.06. The Morgan fingerprint density at radius 1 is 1.06 bits per heavy atom. The van der Waals surface area contributed by atoms with E-state index >= 15 is 0 Å². The molecular weight excluding hydrogens is 196 g/mol. The van der Waals surface area contributed by atoms with Gasteiger partial charge in [0.25, 0.3) is 0 Å². The lowest BCUT2D eigenvalue weighted by Crippen LogP contribution is -2.44. The van der Waals surface area contributed by atoms with Crippen molar-refractivity contribution in [2.75, 3.05) is 0 Å². The third kappa shape index (κ3) is 1.48. The quantitative estimate of drug-likeness (QED) is 0.566. The Kier molecular flexibility index (Phi) is 2.65. The molecule has 0 bridgehead atoms. The lowest BCUT2D eigenvalue weighted by molar-refractivity contribution is -0.122. The number of rotatable bonds is 0. The van der Waals surface area contributed by atoms with E-state index in [-0.39, 0.29) is 0 Å². The molecule has 16 heavy (non-hydrogen) atoms. The summed E-state index contributed by atoms with van der Waals surface area (Å²) in [4.78, 5) is 12.1. The van der Waals surface area contributed by atoms with Crippen LogP contribution in [0.5, 0.6) is 0 Å². The van der Waals surface area contributed by atoms with Crippen molar-refractivity contribution in [2.24, 2.45) is 23.7 Å². The standard InChI is InChI=1S/C15H22O/c1-2-12-13-8-4-6-10-5-3-7-11(15(10)13)9-14(12)16/h2,10-11,13,15H,3-9H2,1H3/b12-2+. The topological polar surface area (TPSA) is 17.1 Å². The molecule has 1 heteroatoms. The van der Waals surface area contributed by atoms with Crippen molar-refractivity contribution in [3.63, 3.8) is 0 Å². The number of ketones is 1. The van der Waals surface area contributed by atoms with Gasteiger partial charge in [-0.15, -0.1) is 0 Å². The first-order chi connectivity index (χ1) is 7.81. The predicted octanol–water partition coefficient (Wildman–Crippen LogP) is 3.74. The second kappa shape index (κ2) is 4.01. The lowest BCUT2D eigenvalue weighted by Gasteiger charge is -2.49. The summed E-state index contributed by atoms with van der Waals surface area (Å²) in [6.07, 6.45) is 11.2. The van der Waals surface area contributed by atoms with E-state index in [1.54, 1.807) is 0 Å². The predicted molar refractivity (Wildman–Crippen MR) is 65.0 cm³/mol. The van der Waals surface area contributed by atoms with Crippen molar-refractivity contribution in [2.45, 2.75) is 51.9 Å². The van der Waals surface area contributed by atoms with Gasteiger partial charge in [0.1, 0.15) is 0 Å². The zero-order valence-electron chi connectivity index (χ0n) is 10.2. The summed E-state index contributed by atoms with van der Waals surface area (Å²) in [5.41, 5.74) is 1.19. The minimum Gasteiger partial charge on any atom is -0.295 e. The number of allylic oxidation sites excluding steroid dienone is 2. The van der Waals surface area contributed by atoms with Gasteiger partial charge in [-0.25, -0.2) is 0 Å². The molecule has 3 aliphatic carbocycles. The van der Waals surface area contributed by atoms with Gasteiger partial charge >= 0.3 is 0 Å². The van der Waals surface area contributed by atoms with Gasteiger partial charge in [0.05, 0.1) is 0 Å². The van der Waals surface area contributed by atoms with Gasteiger partial charge in [-0.2, -0.15) is 0 Å². The van der Waals surface area contributed by atoms with Gasteiger partial charge in [0.2, 0.25) is 0 Å². The molecule has 3 rings (SSSR count). The largest absolute Gasteiger partial charge is 0.295 e. The molecule has 0 N–H and O–H groups in total. The number of hydrogen-bond acceptors (Lipinski definition) is 1. The molecule has 0 aromatic carbocycles. The van der Waals surface area contributed by atoms with Crippen LogP contribution in [0, 0.1) is 23.7 Å².